The fourth-order valence-corrected chi connectivity index (χ4v) is 10.1. The van der Waals surface area contributed by atoms with Gasteiger partial charge in [0, 0.05) is 18.2 Å². The summed E-state index contributed by atoms with van der Waals surface area (Å²) in [5.41, 5.74) is -1.64. The Morgan fingerprint density at radius 1 is 1.10 bits per heavy atom. The van der Waals surface area contributed by atoms with Gasteiger partial charge in [-0.2, -0.15) is 13.2 Å². The number of carboxylic acid groups (broad SMARTS) is 1. The van der Waals surface area contributed by atoms with E-state index in [1.54, 1.807) is 0 Å². The minimum Gasteiger partial charge on any atom is -0.481 e. The molecule has 10 atom stereocenters. The average molecular weight is 552 g/mol. The standard InChI is InChI=1S/C31H44F3NO4/c1-18(5-4-6-26(37)38)21-8-9-22-27-23(11-12-29(21,22)3)28(2)13-14-30(39,16-20(28)15-24(27)36)19-7-10-25(35-17-19)31(32,33)34/h7,10,17-18,20-24,27,36,39H,4-6,8-9,11-16H2,1-3H3,(H,37,38)/t18-,20-,21-,22+,23+,24-,27+,28+,29-,30+/m1/s1. The lowest BCUT2D eigenvalue weighted by Gasteiger charge is -2.63. The zero-order chi connectivity index (χ0) is 28.4. The number of hydrogen-bond donors (Lipinski definition) is 3. The van der Waals surface area contributed by atoms with Gasteiger partial charge in [-0.1, -0.05) is 26.8 Å². The highest BCUT2D eigenvalue weighted by Gasteiger charge is 2.64. The number of pyridine rings is 1. The summed E-state index contributed by atoms with van der Waals surface area (Å²) in [6.07, 6.45) is 4.75. The predicted molar refractivity (Wildman–Crippen MR) is 140 cm³/mol. The van der Waals surface area contributed by atoms with E-state index in [-0.39, 0.29) is 29.1 Å². The summed E-state index contributed by atoms with van der Waals surface area (Å²) in [6.45, 7) is 7.02. The highest BCUT2D eigenvalue weighted by atomic mass is 19.4. The van der Waals surface area contributed by atoms with E-state index in [0.29, 0.717) is 54.9 Å². The lowest BCUT2D eigenvalue weighted by molar-refractivity contribution is -0.190. The molecule has 0 amide bonds. The van der Waals surface area contributed by atoms with Crippen molar-refractivity contribution < 1.29 is 33.3 Å². The molecule has 0 aliphatic heterocycles. The molecule has 1 aromatic rings. The molecule has 8 heteroatoms. The van der Waals surface area contributed by atoms with E-state index in [4.69, 9.17) is 5.11 Å². The maximum atomic E-state index is 13.0. The van der Waals surface area contributed by atoms with Crippen LogP contribution in [-0.2, 0) is 16.6 Å². The van der Waals surface area contributed by atoms with Crippen LogP contribution >= 0.6 is 0 Å². The first-order valence-corrected chi connectivity index (χ1v) is 14.8. The molecule has 4 saturated carbocycles. The lowest BCUT2D eigenvalue weighted by Crippen LogP contribution is -2.59. The molecule has 5 nitrogen and oxygen atoms in total. The van der Waals surface area contributed by atoms with Crippen LogP contribution < -0.4 is 0 Å². The van der Waals surface area contributed by atoms with Crippen LogP contribution in [0.5, 0.6) is 0 Å². The van der Waals surface area contributed by atoms with Crippen LogP contribution in [0.1, 0.15) is 103 Å². The fraction of sp³-hybridized carbons (Fsp3) is 0.806. The molecule has 1 aromatic heterocycles. The molecule has 5 rings (SSSR count). The van der Waals surface area contributed by atoms with E-state index in [0.717, 1.165) is 44.6 Å². The largest absolute Gasteiger partial charge is 0.481 e. The van der Waals surface area contributed by atoms with Crippen LogP contribution in [0, 0.1) is 46.3 Å². The van der Waals surface area contributed by atoms with Gasteiger partial charge in [0.1, 0.15) is 5.69 Å². The number of halogens is 3. The monoisotopic (exact) mass is 551 g/mol. The van der Waals surface area contributed by atoms with Crippen molar-refractivity contribution in [2.75, 3.05) is 0 Å². The van der Waals surface area contributed by atoms with Crippen LogP contribution in [0.4, 0.5) is 13.2 Å². The maximum absolute atomic E-state index is 13.0. The summed E-state index contributed by atoms with van der Waals surface area (Å²) in [6, 6.07) is 2.32. The Hall–Kier alpha value is -1.67. The van der Waals surface area contributed by atoms with Crippen LogP contribution in [0.15, 0.2) is 18.3 Å². The molecule has 4 aliphatic carbocycles. The molecule has 4 aliphatic rings. The minimum atomic E-state index is -4.51. The van der Waals surface area contributed by atoms with E-state index >= 15 is 0 Å². The highest BCUT2D eigenvalue weighted by Crippen LogP contribution is 2.69. The molecule has 1 heterocycles. The van der Waals surface area contributed by atoms with Gasteiger partial charge in [-0.3, -0.25) is 9.78 Å². The fourth-order valence-electron chi connectivity index (χ4n) is 10.1. The summed E-state index contributed by atoms with van der Waals surface area (Å²) in [4.78, 5) is 14.6. The van der Waals surface area contributed by atoms with Gasteiger partial charge < -0.3 is 15.3 Å². The number of hydrogen-bond acceptors (Lipinski definition) is 4. The van der Waals surface area contributed by atoms with Crippen LogP contribution in [0.25, 0.3) is 0 Å². The summed E-state index contributed by atoms with van der Waals surface area (Å²) >= 11 is 0. The van der Waals surface area contributed by atoms with Gasteiger partial charge in [-0.15, -0.1) is 0 Å². The van der Waals surface area contributed by atoms with Crippen molar-refractivity contribution in [2.45, 2.75) is 109 Å². The minimum absolute atomic E-state index is 0.0258. The molecular weight excluding hydrogens is 507 g/mol. The normalized spacial score (nSPS) is 42.8. The second kappa shape index (κ2) is 10.0. The Labute approximate surface area is 229 Å². The van der Waals surface area contributed by atoms with Crippen LogP contribution in [-0.4, -0.2) is 32.4 Å². The molecule has 0 unspecified atom stereocenters. The van der Waals surface area contributed by atoms with E-state index in [1.165, 1.54) is 12.3 Å². The molecule has 0 radical (unpaired) electrons. The van der Waals surface area contributed by atoms with Gasteiger partial charge in [0.2, 0.25) is 0 Å². The van der Waals surface area contributed by atoms with Crippen molar-refractivity contribution in [3.8, 4) is 0 Å². The topological polar surface area (TPSA) is 90.7 Å². The maximum Gasteiger partial charge on any atom is 0.433 e. The van der Waals surface area contributed by atoms with E-state index in [2.05, 4.69) is 25.8 Å². The van der Waals surface area contributed by atoms with E-state index in [1.807, 2.05) is 0 Å². The molecular formula is C31H44F3NO4. The first kappa shape index (κ1) is 28.8. The lowest BCUT2D eigenvalue weighted by atomic mass is 9.42. The van der Waals surface area contributed by atoms with E-state index in [9.17, 15) is 28.2 Å². The highest BCUT2D eigenvalue weighted by molar-refractivity contribution is 5.66. The van der Waals surface area contributed by atoms with Crippen molar-refractivity contribution in [2.24, 2.45) is 46.3 Å². The molecule has 4 fully saturated rings. The molecule has 0 aromatic carbocycles. The number of aliphatic hydroxyl groups excluding tert-OH is 1. The van der Waals surface area contributed by atoms with Crippen molar-refractivity contribution in [1.29, 1.82) is 0 Å². The zero-order valence-corrected chi connectivity index (χ0v) is 23.4. The number of aliphatic hydroxyl groups is 2. The number of alkyl halides is 3. The molecule has 39 heavy (non-hydrogen) atoms. The third kappa shape index (κ3) is 4.92. The van der Waals surface area contributed by atoms with Gasteiger partial charge >= 0.3 is 12.1 Å². The number of rotatable bonds is 6. The molecule has 0 saturated heterocycles. The first-order chi connectivity index (χ1) is 18.2. The summed E-state index contributed by atoms with van der Waals surface area (Å²) in [7, 11) is 0. The second-order valence-electron chi connectivity index (χ2n) is 14.0. The van der Waals surface area contributed by atoms with Gasteiger partial charge in [0.15, 0.2) is 0 Å². The van der Waals surface area contributed by atoms with Gasteiger partial charge in [0.05, 0.1) is 11.7 Å². The smallest absolute Gasteiger partial charge is 0.433 e. The van der Waals surface area contributed by atoms with Crippen molar-refractivity contribution >= 4 is 5.97 Å². The number of fused-ring (bicyclic) bond motifs is 5. The average Bonchev–Trinajstić information content (AvgIpc) is 3.22. The van der Waals surface area contributed by atoms with Crippen molar-refractivity contribution in [1.82, 2.24) is 4.98 Å². The van der Waals surface area contributed by atoms with Crippen molar-refractivity contribution in [3.05, 3.63) is 29.6 Å². The Morgan fingerprint density at radius 2 is 1.82 bits per heavy atom. The summed E-state index contributed by atoms with van der Waals surface area (Å²) < 4.78 is 39.1. The van der Waals surface area contributed by atoms with Gasteiger partial charge in [0.25, 0.3) is 0 Å². The third-order valence-electron chi connectivity index (χ3n) is 12.1. The molecule has 218 valence electrons. The molecule has 3 N–H and O–H groups in total. The Morgan fingerprint density at radius 3 is 2.46 bits per heavy atom. The van der Waals surface area contributed by atoms with Gasteiger partial charge in [-0.05, 0) is 117 Å². The predicted octanol–water partition coefficient (Wildman–Crippen LogP) is 6.81. The quantitative estimate of drug-likeness (QED) is 0.361. The SMILES string of the molecule is C[C@H](CCCC(=O)O)[C@H]1CC[C@H]2[C@@H]3[C@H](O)C[C@@H]4C[C@](O)(c5ccc(C(F)(F)F)nc5)CC[C@]4(C)[C@H]3CC[C@]12C. The van der Waals surface area contributed by atoms with E-state index < -0.39 is 29.5 Å². The Kier molecular flexibility index (Phi) is 7.40. The number of aliphatic carboxylic acids is 1. The van der Waals surface area contributed by atoms with Crippen molar-refractivity contribution in [3.63, 3.8) is 0 Å². The second-order valence-corrected chi connectivity index (χ2v) is 14.0. The summed E-state index contributed by atoms with van der Waals surface area (Å²) in [5, 5.41) is 32.3. The first-order valence-electron chi connectivity index (χ1n) is 14.8. The van der Waals surface area contributed by atoms with Crippen LogP contribution in [0.2, 0.25) is 0 Å². The number of carboxylic acids is 1. The molecule has 0 spiro atoms. The summed E-state index contributed by atoms with van der Waals surface area (Å²) in [5.74, 6) is 1.38. The third-order valence-corrected chi connectivity index (χ3v) is 12.1. The van der Waals surface area contributed by atoms with Crippen LogP contribution in [0.3, 0.4) is 0 Å². The zero-order valence-electron chi connectivity index (χ0n) is 23.4. The Bertz CT molecular complexity index is 1060. The van der Waals surface area contributed by atoms with Gasteiger partial charge in [-0.25, -0.2) is 0 Å². The number of aromatic nitrogens is 1. The number of carbonyl (C=O) groups is 1. The Balaban J connectivity index is 1.32. The number of nitrogens with zero attached hydrogens (tertiary/aromatic N) is 1. The molecule has 0 bridgehead atoms.